The molecule has 0 bridgehead atoms. The minimum absolute atomic E-state index is 0. The molecular formula is C13H21Cl2N3O3S2. The predicted molar refractivity (Wildman–Crippen MR) is 94.9 cm³/mol. The second-order valence-electron chi connectivity index (χ2n) is 5.30. The first-order valence-electron chi connectivity index (χ1n) is 7.10. The van der Waals surface area contributed by atoms with Gasteiger partial charge in [0.25, 0.3) is 10.0 Å². The molecule has 1 aromatic heterocycles. The fourth-order valence-electron chi connectivity index (χ4n) is 2.40. The van der Waals surface area contributed by atoms with E-state index in [0.717, 1.165) is 16.9 Å². The number of nitrogens with two attached hydrogens (primary N) is 1. The molecule has 0 spiro atoms. The van der Waals surface area contributed by atoms with Gasteiger partial charge in [0.15, 0.2) is 0 Å². The summed E-state index contributed by atoms with van der Waals surface area (Å²) in [6.45, 7) is 3.18. The zero-order valence-corrected chi connectivity index (χ0v) is 16.0. The first-order chi connectivity index (χ1) is 10.4. The molecule has 1 atom stereocenters. The molecule has 0 radical (unpaired) electrons. The summed E-state index contributed by atoms with van der Waals surface area (Å²) >= 11 is 7.03. The molecule has 0 saturated carbocycles. The highest BCUT2D eigenvalue weighted by atomic mass is 35.5. The largest absolute Gasteiger partial charge is 0.355 e. The van der Waals surface area contributed by atoms with Crippen molar-refractivity contribution in [1.82, 2.24) is 9.62 Å². The van der Waals surface area contributed by atoms with Gasteiger partial charge in [-0.05, 0) is 31.4 Å². The Bertz CT molecular complexity index is 629. The van der Waals surface area contributed by atoms with E-state index in [1.54, 1.807) is 13.0 Å². The molecule has 3 N–H and O–H groups in total. The van der Waals surface area contributed by atoms with Gasteiger partial charge >= 0.3 is 0 Å². The Labute approximate surface area is 151 Å². The van der Waals surface area contributed by atoms with E-state index in [-0.39, 0.29) is 35.0 Å². The molecule has 1 unspecified atom stereocenters. The monoisotopic (exact) mass is 401 g/mol. The molecule has 10 heteroatoms. The third kappa shape index (κ3) is 4.80. The number of nitrogens with one attached hydrogen (secondary N) is 1. The topological polar surface area (TPSA) is 92.5 Å². The van der Waals surface area contributed by atoms with Crippen LogP contribution in [0.15, 0.2) is 10.3 Å². The smallest absolute Gasteiger partial charge is 0.252 e. The molecule has 23 heavy (non-hydrogen) atoms. The first-order valence-corrected chi connectivity index (χ1v) is 9.73. The van der Waals surface area contributed by atoms with E-state index in [2.05, 4.69) is 5.32 Å². The Morgan fingerprint density at radius 3 is 2.83 bits per heavy atom. The normalized spacial score (nSPS) is 19.2. The SMILES string of the molecule is Cc1cc(S(=O)(=O)N2CCCC(C(=O)NCCN)C2)sc1Cl.Cl. The molecule has 2 rings (SSSR count). The fraction of sp³-hybridized carbons (Fsp3) is 0.615. The molecule has 6 nitrogen and oxygen atoms in total. The Kier molecular flexibility index (Phi) is 7.76. The van der Waals surface area contributed by atoms with Gasteiger partial charge in [0, 0.05) is 26.2 Å². The summed E-state index contributed by atoms with van der Waals surface area (Å²) in [5.74, 6) is -0.461. The standard InChI is InChI=1S/C13H20ClN3O3S2.ClH/c1-9-7-11(21-12(9)14)22(19,20)17-6-2-3-10(8-17)13(18)16-5-4-15;/h7,10H,2-6,8,15H2,1H3,(H,16,18);1H. The summed E-state index contributed by atoms with van der Waals surface area (Å²) in [6, 6.07) is 1.58. The van der Waals surface area contributed by atoms with Crippen molar-refractivity contribution in [2.24, 2.45) is 11.7 Å². The number of nitrogens with zero attached hydrogens (tertiary/aromatic N) is 1. The van der Waals surface area contributed by atoms with Crippen molar-refractivity contribution in [2.75, 3.05) is 26.2 Å². The number of carbonyl (C=O) groups excluding carboxylic acids is 1. The Balaban J connectivity index is 0.00000264. The van der Waals surface area contributed by atoms with Crippen molar-refractivity contribution < 1.29 is 13.2 Å². The molecule has 1 aliphatic heterocycles. The molecule has 1 fully saturated rings. The highest BCUT2D eigenvalue weighted by Gasteiger charge is 2.34. The number of carbonyl (C=O) groups is 1. The van der Waals surface area contributed by atoms with Crippen molar-refractivity contribution in [2.45, 2.75) is 24.0 Å². The van der Waals surface area contributed by atoms with Crippen molar-refractivity contribution in [3.63, 3.8) is 0 Å². The van der Waals surface area contributed by atoms with Gasteiger partial charge < -0.3 is 11.1 Å². The van der Waals surface area contributed by atoms with Crippen LogP contribution in [0.5, 0.6) is 0 Å². The predicted octanol–water partition coefficient (Wildman–Crippen LogP) is 1.61. The summed E-state index contributed by atoms with van der Waals surface area (Å²) < 4.78 is 27.4. The number of hydrogen-bond acceptors (Lipinski definition) is 5. The van der Waals surface area contributed by atoms with Crippen LogP contribution in [0.2, 0.25) is 4.34 Å². The molecule has 1 saturated heterocycles. The molecular weight excluding hydrogens is 381 g/mol. The van der Waals surface area contributed by atoms with Crippen molar-refractivity contribution >= 4 is 51.3 Å². The van der Waals surface area contributed by atoms with Gasteiger partial charge in [-0.15, -0.1) is 23.7 Å². The average Bonchev–Trinajstić information content (AvgIpc) is 2.85. The lowest BCUT2D eigenvalue weighted by Gasteiger charge is -2.30. The summed E-state index contributed by atoms with van der Waals surface area (Å²) in [4.78, 5) is 12.0. The zero-order chi connectivity index (χ0) is 16.3. The molecule has 2 heterocycles. The third-order valence-electron chi connectivity index (χ3n) is 3.63. The lowest BCUT2D eigenvalue weighted by atomic mass is 9.99. The number of rotatable bonds is 5. The minimum Gasteiger partial charge on any atom is -0.355 e. The van der Waals surface area contributed by atoms with Crippen LogP contribution in [0, 0.1) is 12.8 Å². The van der Waals surface area contributed by atoms with E-state index in [1.807, 2.05) is 0 Å². The van der Waals surface area contributed by atoms with Gasteiger partial charge in [0.05, 0.1) is 10.3 Å². The lowest BCUT2D eigenvalue weighted by Crippen LogP contribution is -2.45. The van der Waals surface area contributed by atoms with E-state index < -0.39 is 10.0 Å². The Morgan fingerprint density at radius 2 is 2.26 bits per heavy atom. The van der Waals surface area contributed by atoms with Crippen LogP contribution in [0.3, 0.4) is 0 Å². The zero-order valence-electron chi connectivity index (χ0n) is 12.7. The van der Waals surface area contributed by atoms with Crippen molar-refractivity contribution in [3.05, 3.63) is 16.0 Å². The van der Waals surface area contributed by atoms with Crippen LogP contribution in [0.25, 0.3) is 0 Å². The van der Waals surface area contributed by atoms with Gasteiger partial charge in [-0.3, -0.25) is 4.79 Å². The quantitative estimate of drug-likeness (QED) is 0.783. The first kappa shape index (κ1) is 20.7. The van der Waals surface area contributed by atoms with E-state index in [9.17, 15) is 13.2 Å². The van der Waals surface area contributed by atoms with Crippen LogP contribution in [-0.4, -0.2) is 44.8 Å². The van der Waals surface area contributed by atoms with Crippen LogP contribution >= 0.6 is 35.3 Å². The molecule has 132 valence electrons. The van der Waals surface area contributed by atoms with E-state index >= 15 is 0 Å². The number of amides is 1. The second-order valence-corrected chi connectivity index (χ2v) is 9.12. The van der Waals surface area contributed by atoms with E-state index in [1.165, 1.54) is 4.31 Å². The second kappa shape index (κ2) is 8.64. The molecule has 1 amide bonds. The average molecular weight is 402 g/mol. The number of piperidine rings is 1. The molecule has 1 aromatic rings. The van der Waals surface area contributed by atoms with Gasteiger partial charge in [0.1, 0.15) is 4.21 Å². The maximum atomic E-state index is 12.7. The maximum Gasteiger partial charge on any atom is 0.252 e. The third-order valence-corrected chi connectivity index (χ3v) is 7.50. The minimum atomic E-state index is -3.59. The highest BCUT2D eigenvalue weighted by molar-refractivity contribution is 7.91. The summed E-state index contributed by atoms with van der Waals surface area (Å²) in [7, 11) is -3.59. The summed E-state index contributed by atoms with van der Waals surface area (Å²) in [6.07, 6.45) is 1.35. The number of halogens is 2. The van der Waals surface area contributed by atoms with E-state index in [0.29, 0.717) is 36.8 Å². The van der Waals surface area contributed by atoms with Gasteiger partial charge in [-0.1, -0.05) is 11.6 Å². The van der Waals surface area contributed by atoms with Gasteiger partial charge in [0.2, 0.25) is 5.91 Å². The van der Waals surface area contributed by atoms with Crippen LogP contribution < -0.4 is 11.1 Å². The highest BCUT2D eigenvalue weighted by Crippen LogP contribution is 2.33. The van der Waals surface area contributed by atoms with Crippen LogP contribution in [0.1, 0.15) is 18.4 Å². The molecule has 0 aliphatic carbocycles. The summed E-state index contributed by atoms with van der Waals surface area (Å²) in [5, 5.41) is 2.72. The van der Waals surface area contributed by atoms with Crippen LogP contribution in [0.4, 0.5) is 0 Å². The Hall–Kier alpha value is -0.380. The lowest BCUT2D eigenvalue weighted by molar-refractivity contribution is -0.126. The molecule has 0 aromatic carbocycles. The number of aryl methyl sites for hydroxylation is 1. The van der Waals surface area contributed by atoms with Crippen molar-refractivity contribution in [1.29, 1.82) is 0 Å². The number of sulfonamides is 1. The summed E-state index contributed by atoms with van der Waals surface area (Å²) in [5.41, 5.74) is 6.11. The molecule has 1 aliphatic rings. The maximum absolute atomic E-state index is 12.7. The van der Waals surface area contributed by atoms with Crippen LogP contribution in [-0.2, 0) is 14.8 Å². The van der Waals surface area contributed by atoms with Gasteiger partial charge in [-0.25, -0.2) is 8.42 Å². The van der Waals surface area contributed by atoms with Gasteiger partial charge in [-0.2, -0.15) is 4.31 Å². The fourth-order valence-corrected chi connectivity index (χ4v) is 5.79. The van der Waals surface area contributed by atoms with Crippen molar-refractivity contribution in [3.8, 4) is 0 Å². The number of thiophene rings is 1. The number of hydrogen-bond donors (Lipinski definition) is 2. The van der Waals surface area contributed by atoms with E-state index in [4.69, 9.17) is 17.3 Å². The Morgan fingerprint density at radius 1 is 1.57 bits per heavy atom.